The molecule has 1 amide bonds. The van der Waals surface area contributed by atoms with Crippen LogP contribution in [0.1, 0.15) is 37.7 Å². The Hall–Kier alpha value is -2.28. The summed E-state index contributed by atoms with van der Waals surface area (Å²) in [5.41, 5.74) is 2.23. The zero-order chi connectivity index (χ0) is 19.3. The maximum absolute atomic E-state index is 12.4. The lowest BCUT2D eigenvalue weighted by molar-refractivity contribution is -0.149. The third-order valence-electron chi connectivity index (χ3n) is 4.15. The molecule has 0 radical (unpaired) electrons. The van der Waals surface area contributed by atoms with Gasteiger partial charge >= 0.3 is 12.1 Å². The van der Waals surface area contributed by atoms with Crippen LogP contribution in [0.4, 0.5) is 4.79 Å². The summed E-state index contributed by atoms with van der Waals surface area (Å²) in [5, 5.41) is 9.72. The summed E-state index contributed by atoms with van der Waals surface area (Å²) >= 11 is 6.07. The molecule has 7 nitrogen and oxygen atoms in total. The maximum atomic E-state index is 12.4. The highest BCUT2D eigenvalue weighted by Gasteiger charge is 2.37. The van der Waals surface area contributed by atoms with Crippen LogP contribution in [0.2, 0.25) is 0 Å². The molecule has 2 unspecified atom stereocenters. The fourth-order valence-corrected chi connectivity index (χ4v) is 3.38. The van der Waals surface area contributed by atoms with Crippen molar-refractivity contribution in [2.24, 2.45) is 5.92 Å². The zero-order valence-corrected chi connectivity index (χ0v) is 15.9. The van der Waals surface area contributed by atoms with E-state index < -0.39 is 24.0 Å². The van der Waals surface area contributed by atoms with Crippen molar-refractivity contribution in [3.05, 3.63) is 29.6 Å². The minimum Gasteiger partial charge on any atom is -0.466 e. The summed E-state index contributed by atoms with van der Waals surface area (Å²) < 4.78 is 5.13. The summed E-state index contributed by atoms with van der Waals surface area (Å²) in [6.07, 6.45) is -0.487. The highest BCUT2D eigenvalue weighted by molar-refractivity contribution is 6.19. The maximum Gasteiger partial charge on any atom is 0.407 e. The van der Waals surface area contributed by atoms with Gasteiger partial charge in [-0.2, -0.15) is 0 Å². The first-order valence-electron chi connectivity index (χ1n) is 8.61. The Morgan fingerprint density at radius 2 is 2.12 bits per heavy atom. The molecule has 1 heterocycles. The van der Waals surface area contributed by atoms with Gasteiger partial charge in [-0.25, -0.2) is 9.78 Å². The van der Waals surface area contributed by atoms with Gasteiger partial charge in [-0.1, -0.05) is 13.0 Å². The summed E-state index contributed by atoms with van der Waals surface area (Å²) in [7, 11) is 0. The van der Waals surface area contributed by atoms with Gasteiger partial charge < -0.3 is 19.7 Å². The van der Waals surface area contributed by atoms with Crippen LogP contribution in [-0.4, -0.2) is 51.1 Å². The fourth-order valence-electron chi connectivity index (χ4n) is 3.08. The average Bonchev–Trinajstić information content (AvgIpc) is 2.97. The molecule has 8 heteroatoms. The van der Waals surface area contributed by atoms with Crippen molar-refractivity contribution in [3.63, 3.8) is 0 Å². The lowest BCUT2D eigenvalue weighted by Crippen LogP contribution is -2.42. The number of amides is 1. The number of aromatic nitrogens is 2. The molecule has 142 valence electrons. The number of imidazole rings is 1. The second kappa shape index (κ2) is 8.89. The van der Waals surface area contributed by atoms with Gasteiger partial charge in [0.1, 0.15) is 5.82 Å². The number of aryl methyl sites for hydroxylation is 1. The SMILES string of the molecule is CCCN(C(=O)O)C(c1ccc2[nH]c(C)nc2c1)C(CCl)C(=O)OCC. The molecule has 0 bridgehead atoms. The molecule has 2 rings (SSSR count). The first-order valence-corrected chi connectivity index (χ1v) is 9.14. The van der Waals surface area contributed by atoms with Crippen LogP contribution in [0.25, 0.3) is 11.0 Å². The molecule has 2 N–H and O–H groups in total. The largest absolute Gasteiger partial charge is 0.466 e. The minimum absolute atomic E-state index is 0.0470. The first kappa shape index (κ1) is 20.0. The molecular formula is C18H24ClN3O4. The van der Waals surface area contributed by atoms with E-state index in [1.807, 2.05) is 19.9 Å². The van der Waals surface area contributed by atoms with Crippen molar-refractivity contribution >= 4 is 34.7 Å². The number of nitrogens with zero attached hydrogens (tertiary/aromatic N) is 2. The van der Waals surface area contributed by atoms with E-state index >= 15 is 0 Å². The second-order valence-corrected chi connectivity index (χ2v) is 6.34. The molecule has 26 heavy (non-hydrogen) atoms. The Balaban J connectivity index is 2.55. The van der Waals surface area contributed by atoms with Gasteiger partial charge in [-0.15, -0.1) is 11.6 Å². The van der Waals surface area contributed by atoms with Gasteiger partial charge in [0, 0.05) is 12.4 Å². The van der Waals surface area contributed by atoms with Gasteiger partial charge in [0.25, 0.3) is 0 Å². The van der Waals surface area contributed by atoms with E-state index in [9.17, 15) is 14.7 Å². The molecule has 0 aliphatic carbocycles. The van der Waals surface area contributed by atoms with E-state index in [2.05, 4.69) is 9.97 Å². The number of ether oxygens (including phenoxy) is 1. The number of nitrogens with one attached hydrogen (secondary N) is 1. The molecule has 0 aliphatic heterocycles. The second-order valence-electron chi connectivity index (χ2n) is 6.03. The highest BCUT2D eigenvalue weighted by atomic mass is 35.5. The number of hydrogen-bond donors (Lipinski definition) is 2. The van der Waals surface area contributed by atoms with Gasteiger partial charge in [-0.3, -0.25) is 4.79 Å². The van der Waals surface area contributed by atoms with Crippen LogP contribution in [0.3, 0.4) is 0 Å². The predicted octanol–water partition coefficient (Wildman–Crippen LogP) is 3.72. The Kier molecular flexibility index (Phi) is 6.85. The molecule has 1 aromatic carbocycles. The van der Waals surface area contributed by atoms with Crippen molar-refractivity contribution in [2.45, 2.75) is 33.2 Å². The number of carboxylic acid groups (broad SMARTS) is 1. The van der Waals surface area contributed by atoms with Crippen molar-refractivity contribution in [1.82, 2.24) is 14.9 Å². The monoisotopic (exact) mass is 381 g/mol. The number of alkyl halides is 1. The van der Waals surface area contributed by atoms with Gasteiger partial charge in [0.2, 0.25) is 0 Å². The van der Waals surface area contributed by atoms with Crippen LogP contribution < -0.4 is 0 Å². The van der Waals surface area contributed by atoms with E-state index in [0.717, 1.165) is 11.3 Å². The number of hydrogen-bond acceptors (Lipinski definition) is 4. The number of carbonyl (C=O) groups is 2. The van der Waals surface area contributed by atoms with Crippen molar-refractivity contribution in [2.75, 3.05) is 19.0 Å². The number of aromatic amines is 1. The van der Waals surface area contributed by atoms with Gasteiger partial charge in [-0.05, 0) is 38.0 Å². The van der Waals surface area contributed by atoms with Gasteiger partial charge in [0.05, 0.1) is 29.6 Å². The third-order valence-corrected chi connectivity index (χ3v) is 4.48. The van der Waals surface area contributed by atoms with Crippen LogP contribution in [-0.2, 0) is 9.53 Å². The molecule has 0 fully saturated rings. The van der Waals surface area contributed by atoms with Crippen LogP contribution in [0, 0.1) is 12.8 Å². The fraction of sp³-hybridized carbons (Fsp3) is 0.500. The Labute approximate surface area is 157 Å². The number of fused-ring (bicyclic) bond motifs is 1. The predicted molar refractivity (Wildman–Crippen MR) is 99.4 cm³/mol. The van der Waals surface area contributed by atoms with E-state index in [1.165, 1.54) is 4.90 Å². The quantitative estimate of drug-likeness (QED) is 0.536. The summed E-state index contributed by atoms with van der Waals surface area (Å²) in [6, 6.07) is 4.69. The van der Waals surface area contributed by atoms with E-state index in [-0.39, 0.29) is 19.0 Å². The van der Waals surface area contributed by atoms with E-state index in [4.69, 9.17) is 16.3 Å². The number of benzene rings is 1. The lowest BCUT2D eigenvalue weighted by atomic mass is 9.92. The molecule has 1 aromatic heterocycles. The van der Waals surface area contributed by atoms with Crippen molar-refractivity contribution in [3.8, 4) is 0 Å². The van der Waals surface area contributed by atoms with Crippen LogP contribution in [0.5, 0.6) is 0 Å². The normalized spacial score (nSPS) is 13.4. The standard InChI is InChI=1S/C18H24ClN3O4/c1-4-8-22(18(24)25)16(13(10-19)17(23)26-5-2)12-6-7-14-15(9-12)21-11(3)20-14/h6-7,9,13,16H,4-5,8,10H2,1-3H3,(H,20,21)(H,24,25). The smallest absolute Gasteiger partial charge is 0.407 e. The summed E-state index contributed by atoms with van der Waals surface area (Å²) in [5.74, 6) is -0.601. The zero-order valence-electron chi connectivity index (χ0n) is 15.2. The van der Waals surface area contributed by atoms with Crippen molar-refractivity contribution in [1.29, 1.82) is 0 Å². The van der Waals surface area contributed by atoms with Crippen LogP contribution >= 0.6 is 11.6 Å². The number of H-pyrrole nitrogens is 1. The number of esters is 1. The topological polar surface area (TPSA) is 95.5 Å². The third kappa shape index (κ3) is 4.27. The molecule has 2 atom stereocenters. The first-order chi connectivity index (χ1) is 12.4. The Morgan fingerprint density at radius 1 is 1.38 bits per heavy atom. The molecular weight excluding hydrogens is 358 g/mol. The van der Waals surface area contributed by atoms with Crippen molar-refractivity contribution < 1.29 is 19.4 Å². The average molecular weight is 382 g/mol. The van der Waals surface area contributed by atoms with Gasteiger partial charge in [0.15, 0.2) is 0 Å². The molecule has 0 spiro atoms. The molecule has 0 saturated carbocycles. The minimum atomic E-state index is -1.10. The molecule has 0 aliphatic rings. The summed E-state index contributed by atoms with van der Waals surface area (Å²) in [4.78, 5) is 33.1. The molecule has 0 saturated heterocycles. The molecule has 2 aromatic rings. The van der Waals surface area contributed by atoms with E-state index in [1.54, 1.807) is 19.1 Å². The van der Waals surface area contributed by atoms with Crippen LogP contribution in [0.15, 0.2) is 18.2 Å². The Morgan fingerprint density at radius 3 is 2.69 bits per heavy atom. The lowest BCUT2D eigenvalue weighted by Gasteiger charge is -2.33. The van der Waals surface area contributed by atoms with E-state index in [0.29, 0.717) is 17.5 Å². The Bertz CT molecular complexity index is 777. The highest BCUT2D eigenvalue weighted by Crippen LogP contribution is 2.33. The number of halogens is 1. The number of rotatable bonds is 8. The summed E-state index contributed by atoms with van der Waals surface area (Å²) in [6.45, 7) is 5.92. The number of carbonyl (C=O) groups excluding carboxylic acids is 1.